The Kier molecular flexibility index (Phi) is 6.59. The summed E-state index contributed by atoms with van der Waals surface area (Å²) in [7, 11) is 0. The van der Waals surface area contributed by atoms with E-state index in [0.29, 0.717) is 40.9 Å². The zero-order valence-corrected chi connectivity index (χ0v) is 18.6. The normalized spacial score (nSPS) is 14.6. The van der Waals surface area contributed by atoms with Gasteiger partial charge in [0.15, 0.2) is 5.69 Å². The van der Waals surface area contributed by atoms with Crippen molar-refractivity contribution in [3.05, 3.63) is 81.7 Å². The van der Waals surface area contributed by atoms with Crippen LogP contribution in [0.15, 0.2) is 53.1 Å². The van der Waals surface area contributed by atoms with Crippen LogP contribution in [0.2, 0.25) is 5.02 Å². The van der Waals surface area contributed by atoms with Gasteiger partial charge in [0.25, 0.3) is 5.91 Å². The number of nitrogens with zero attached hydrogens (tertiary/aromatic N) is 3. The van der Waals surface area contributed by atoms with Crippen molar-refractivity contribution in [2.45, 2.75) is 27.0 Å². The molecule has 2 heterocycles. The topological polar surface area (TPSA) is 58.8 Å². The number of amides is 1. The molecule has 1 aliphatic rings. The van der Waals surface area contributed by atoms with Crippen LogP contribution in [0, 0.1) is 13.8 Å². The smallest absolute Gasteiger partial charge is 0.276 e. The van der Waals surface area contributed by atoms with Crippen molar-refractivity contribution >= 4 is 17.5 Å². The van der Waals surface area contributed by atoms with Gasteiger partial charge in [-0.1, -0.05) is 46.6 Å². The molecule has 0 spiro atoms. The first kappa shape index (κ1) is 21.4. The van der Waals surface area contributed by atoms with E-state index < -0.39 is 0 Å². The van der Waals surface area contributed by atoms with Gasteiger partial charge in [-0.3, -0.25) is 9.69 Å². The Labute approximate surface area is 187 Å². The number of benzene rings is 2. The Bertz CT molecular complexity index is 1020. The molecule has 3 aromatic rings. The minimum Gasteiger partial charge on any atom is -0.489 e. The molecule has 31 heavy (non-hydrogen) atoms. The summed E-state index contributed by atoms with van der Waals surface area (Å²) in [5, 5.41) is 4.68. The van der Waals surface area contributed by atoms with Gasteiger partial charge >= 0.3 is 0 Å². The van der Waals surface area contributed by atoms with Crippen LogP contribution in [0.25, 0.3) is 0 Å². The molecule has 2 aromatic carbocycles. The number of hydrogen-bond acceptors (Lipinski definition) is 5. The highest BCUT2D eigenvalue weighted by atomic mass is 35.5. The molecule has 0 N–H and O–H groups in total. The molecule has 1 fully saturated rings. The highest BCUT2D eigenvalue weighted by molar-refractivity contribution is 6.30. The number of rotatable bonds is 6. The summed E-state index contributed by atoms with van der Waals surface area (Å²) in [6, 6.07) is 15.7. The fraction of sp³-hybridized carbons (Fsp3) is 0.333. The summed E-state index contributed by atoms with van der Waals surface area (Å²) in [6.07, 6.45) is 0. The number of halogens is 1. The van der Waals surface area contributed by atoms with E-state index in [2.05, 4.69) is 41.2 Å². The van der Waals surface area contributed by atoms with Crippen LogP contribution in [0.1, 0.15) is 32.9 Å². The Hall–Kier alpha value is -2.83. The third kappa shape index (κ3) is 5.27. The average molecular weight is 440 g/mol. The average Bonchev–Trinajstić information content (AvgIpc) is 3.15. The van der Waals surface area contributed by atoms with Crippen molar-refractivity contribution in [1.29, 1.82) is 0 Å². The lowest BCUT2D eigenvalue weighted by molar-refractivity contribution is 0.0616. The molecule has 6 nitrogen and oxygen atoms in total. The van der Waals surface area contributed by atoms with Gasteiger partial charge in [-0.15, -0.1) is 0 Å². The highest BCUT2D eigenvalue weighted by Gasteiger charge is 2.28. The van der Waals surface area contributed by atoms with Crippen molar-refractivity contribution in [2.24, 2.45) is 0 Å². The molecule has 162 valence electrons. The minimum absolute atomic E-state index is 0.110. The molecule has 1 saturated heterocycles. The van der Waals surface area contributed by atoms with E-state index in [1.807, 2.05) is 4.90 Å². The fourth-order valence-electron chi connectivity index (χ4n) is 3.63. The molecule has 0 saturated carbocycles. The first-order valence-corrected chi connectivity index (χ1v) is 10.8. The zero-order valence-electron chi connectivity index (χ0n) is 17.8. The van der Waals surface area contributed by atoms with Crippen molar-refractivity contribution in [1.82, 2.24) is 15.0 Å². The van der Waals surface area contributed by atoms with Crippen LogP contribution in [-0.4, -0.2) is 47.0 Å². The molecular weight excluding hydrogens is 414 g/mol. The van der Waals surface area contributed by atoms with E-state index in [9.17, 15) is 4.79 Å². The minimum atomic E-state index is -0.110. The largest absolute Gasteiger partial charge is 0.489 e. The SMILES string of the molecule is Cc1ccc(CN2CCN(C(=O)c3noc(C)c3COc3ccc(Cl)cc3)CC2)cc1. The molecular formula is C24H26ClN3O3. The molecule has 0 aliphatic carbocycles. The van der Waals surface area contributed by atoms with Crippen LogP contribution >= 0.6 is 11.6 Å². The molecule has 1 amide bonds. The number of aryl methyl sites for hydroxylation is 2. The van der Waals surface area contributed by atoms with Gasteiger partial charge in [0.1, 0.15) is 18.1 Å². The monoisotopic (exact) mass is 439 g/mol. The van der Waals surface area contributed by atoms with Gasteiger partial charge < -0.3 is 14.2 Å². The van der Waals surface area contributed by atoms with Gasteiger partial charge in [-0.25, -0.2) is 0 Å². The van der Waals surface area contributed by atoms with Crippen molar-refractivity contribution < 1.29 is 14.1 Å². The lowest BCUT2D eigenvalue weighted by Crippen LogP contribution is -2.48. The Morgan fingerprint density at radius 3 is 2.39 bits per heavy atom. The van der Waals surface area contributed by atoms with Gasteiger partial charge in [0, 0.05) is 37.7 Å². The number of ether oxygens (including phenoxy) is 1. The summed E-state index contributed by atoms with van der Waals surface area (Å²) in [5.74, 6) is 1.16. The summed E-state index contributed by atoms with van der Waals surface area (Å²) in [6.45, 7) is 7.97. The van der Waals surface area contributed by atoms with Crippen LogP contribution in [0.5, 0.6) is 5.75 Å². The predicted octanol–water partition coefficient (Wildman–Crippen LogP) is 4.48. The van der Waals surface area contributed by atoms with Crippen LogP contribution in [-0.2, 0) is 13.2 Å². The summed E-state index contributed by atoms with van der Waals surface area (Å²) in [5.41, 5.74) is 3.57. The van der Waals surface area contributed by atoms with Crippen molar-refractivity contribution in [3.63, 3.8) is 0 Å². The predicted molar refractivity (Wildman–Crippen MR) is 119 cm³/mol. The van der Waals surface area contributed by atoms with Gasteiger partial charge in [0.2, 0.25) is 0 Å². The number of hydrogen-bond donors (Lipinski definition) is 0. The van der Waals surface area contributed by atoms with E-state index in [0.717, 1.165) is 19.6 Å². The van der Waals surface area contributed by atoms with E-state index in [1.165, 1.54) is 11.1 Å². The van der Waals surface area contributed by atoms with Gasteiger partial charge in [-0.05, 0) is 43.7 Å². The zero-order chi connectivity index (χ0) is 21.8. The lowest BCUT2D eigenvalue weighted by atomic mass is 10.1. The first-order chi connectivity index (χ1) is 15.0. The molecule has 0 bridgehead atoms. The van der Waals surface area contributed by atoms with Gasteiger partial charge in [0.05, 0.1) is 5.56 Å². The van der Waals surface area contributed by atoms with E-state index in [-0.39, 0.29) is 12.5 Å². The molecule has 1 aliphatic heterocycles. The van der Waals surface area contributed by atoms with Gasteiger partial charge in [-0.2, -0.15) is 0 Å². The van der Waals surface area contributed by atoms with Crippen molar-refractivity contribution in [2.75, 3.05) is 26.2 Å². The molecule has 0 radical (unpaired) electrons. The van der Waals surface area contributed by atoms with Crippen LogP contribution < -0.4 is 4.74 Å². The first-order valence-electron chi connectivity index (χ1n) is 10.4. The maximum atomic E-state index is 13.1. The number of carbonyl (C=O) groups is 1. The highest BCUT2D eigenvalue weighted by Crippen LogP contribution is 2.21. The second-order valence-corrected chi connectivity index (χ2v) is 8.30. The van der Waals surface area contributed by atoms with Crippen molar-refractivity contribution in [3.8, 4) is 5.75 Å². The maximum Gasteiger partial charge on any atom is 0.276 e. The maximum absolute atomic E-state index is 13.1. The Balaban J connectivity index is 1.35. The third-order valence-corrected chi connectivity index (χ3v) is 5.82. The molecule has 1 aromatic heterocycles. The van der Waals surface area contributed by atoms with E-state index in [4.69, 9.17) is 20.9 Å². The Morgan fingerprint density at radius 1 is 1.03 bits per heavy atom. The Morgan fingerprint density at radius 2 is 1.71 bits per heavy atom. The van der Waals surface area contributed by atoms with Crippen LogP contribution in [0.3, 0.4) is 0 Å². The third-order valence-electron chi connectivity index (χ3n) is 5.57. The standard InChI is InChI=1S/C24H26ClN3O3/c1-17-3-5-19(6-4-17)15-27-11-13-28(14-12-27)24(29)23-22(18(2)31-26-23)16-30-21-9-7-20(25)8-10-21/h3-10H,11-16H2,1-2H3. The number of piperazine rings is 1. The van der Waals surface area contributed by atoms with E-state index >= 15 is 0 Å². The molecule has 7 heteroatoms. The molecule has 4 rings (SSSR count). The summed E-state index contributed by atoms with van der Waals surface area (Å²) in [4.78, 5) is 17.3. The molecule has 0 atom stereocenters. The lowest BCUT2D eigenvalue weighted by Gasteiger charge is -2.34. The summed E-state index contributed by atoms with van der Waals surface area (Å²) < 4.78 is 11.1. The second-order valence-electron chi connectivity index (χ2n) is 7.86. The number of carbonyl (C=O) groups excluding carboxylic acids is 1. The number of aromatic nitrogens is 1. The second kappa shape index (κ2) is 9.54. The van der Waals surface area contributed by atoms with E-state index in [1.54, 1.807) is 31.2 Å². The quantitative estimate of drug-likeness (QED) is 0.566. The fourth-order valence-corrected chi connectivity index (χ4v) is 3.75. The molecule has 0 unspecified atom stereocenters. The summed E-state index contributed by atoms with van der Waals surface area (Å²) >= 11 is 5.92. The van der Waals surface area contributed by atoms with Crippen LogP contribution in [0.4, 0.5) is 0 Å².